The number of benzene rings is 1. The van der Waals surface area contributed by atoms with Gasteiger partial charge < -0.3 is 5.73 Å². The molecule has 0 aliphatic rings. The van der Waals surface area contributed by atoms with Gasteiger partial charge in [-0.15, -0.1) is 0 Å². The second-order valence-corrected chi connectivity index (χ2v) is 3.80. The molecule has 1 atom stereocenters. The SMILES string of the molecule is NC(c1cn[nH]n1)c1cccc(Cl)c1Cl. The van der Waals surface area contributed by atoms with Crippen LogP contribution in [-0.2, 0) is 0 Å². The van der Waals surface area contributed by atoms with Gasteiger partial charge in [0.15, 0.2) is 0 Å². The summed E-state index contributed by atoms with van der Waals surface area (Å²) in [4.78, 5) is 0. The molecule has 0 bridgehead atoms. The molecule has 0 aliphatic heterocycles. The summed E-state index contributed by atoms with van der Waals surface area (Å²) >= 11 is 11.9. The number of halogens is 2. The van der Waals surface area contributed by atoms with Crippen molar-refractivity contribution in [2.24, 2.45) is 5.73 Å². The Morgan fingerprint density at radius 2 is 2.13 bits per heavy atom. The normalized spacial score (nSPS) is 12.7. The van der Waals surface area contributed by atoms with E-state index in [-0.39, 0.29) is 0 Å². The summed E-state index contributed by atoms with van der Waals surface area (Å²) in [5.74, 6) is 0. The fourth-order valence-corrected chi connectivity index (χ4v) is 1.71. The molecule has 2 rings (SSSR count). The van der Waals surface area contributed by atoms with E-state index in [1.165, 1.54) is 0 Å². The van der Waals surface area contributed by atoms with E-state index in [4.69, 9.17) is 28.9 Å². The average molecular weight is 243 g/mol. The molecule has 15 heavy (non-hydrogen) atoms. The van der Waals surface area contributed by atoms with Crippen LogP contribution < -0.4 is 5.73 Å². The average Bonchev–Trinajstić information content (AvgIpc) is 2.74. The van der Waals surface area contributed by atoms with Crippen LogP contribution in [0.2, 0.25) is 10.0 Å². The number of hydrogen-bond donors (Lipinski definition) is 2. The van der Waals surface area contributed by atoms with Crippen molar-refractivity contribution in [1.29, 1.82) is 0 Å². The van der Waals surface area contributed by atoms with Gasteiger partial charge in [-0.25, -0.2) is 0 Å². The molecule has 3 N–H and O–H groups in total. The lowest BCUT2D eigenvalue weighted by atomic mass is 10.1. The van der Waals surface area contributed by atoms with E-state index in [9.17, 15) is 0 Å². The van der Waals surface area contributed by atoms with Crippen molar-refractivity contribution in [2.75, 3.05) is 0 Å². The maximum absolute atomic E-state index is 6.03. The molecule has 0 amide bonds. The van der Waals surface area contributed by atoms with E-state index >= 15 is 0 Å². The Hall–Kier alpha value is -1.10. The van der Waals surface area contributed by atoms with Gasteiger partial charge in [0.05, 0.1) is 22.3 Å². The maximum atomic E-state index is 6.03. The van der Waals surface area contributed by atoms with Crippen LogP contribution in [0.4, 0.5) is 0 Å². The van der Waals surface area contributed by atoms with Crippen LogP contribution in [-0.4, -0.2) is 15.4 Å². The standard InChI is InChI=1S/C9H8Cl2N4/c10-6-3-1-2-5(8(6)11)9(12)7-4-13-15-14-7/h1-4,9H,12H2,(H,13,14,15). The van der Waals surface area contributed by atoms with Crippen molar-refractivity contribution in [3.05, 3.63) is 45.7 Å². The molecule has 1 aromatic heterocycles. The van der Waals surface area contributed by atoms with Gasteiger partial charge in [0.25, 0.3) is 0 Å². The third-order valence-electron chi connectivity index (χ3n) is 2.07. The minimum Gasteiger partial charge on any atom is -0.319 e. The van der Waals surface area contributed by atoms with Gasteiger partial charge in [-0.3, -0.25) is 0 Å². The summed E-state index contributed by atoms with van der Waals surface area (Å²) in [7, 11) is 0. The predicted octanol–water partition coefficient (Wildman–Crippen LogP) is 2.16. The Morgan fingerprint density at radius 1 is 1.33 bits per heavy atom. The van der Waals surface area contributed by atoms with Crippen molar-refractivity contribution >= 4 is 23.2 Å². The van der Waals surface area contributed by atoms with Crippen LogP contribution in [0.1, 0.15) is 17.3 Å². The van der Waals surface area contributed by atoms with Gasteiger partial charge in [-0.1, -0.05) is 35.3 Å². The lowest BCUT2D eigenvalue weighted by Crippen LogP contribution is -2.13. The van der Waals surface area contributed by atoms with E-state index in [1.807, 2.05) is 6.07 Å². The van der Waals surface area contributed by atoms with Crippen LogP contribution in [0, 0.1) is 0 Å². The van der Waals surface area contributed by atoms with Gasteiger partial charge in [0, 0.05) is 0 Å². The fourth-order valence-electron chi connectivity index (χ4n) is 1.28. The summed E-state index contributed by atoms with van der Waals surface area (Å²) < 4.78 is 0. The van der Waals surface area contributed by atoms with Crippen molar-refractivity contribution in [3.63, 3.8) is 0 Å². The molecule has 0 saturated heterocycles. The lowest BCUT2D eigenvalue weighted by Gasteiger charge is -2.11. The summed E-state index contributed by atoms with van der Waals surface area (Å²) in [6.07, 6.45) is 1.56. The van der Waals surface area contributed by atoms with E-state index in [0.717, 1.165) is 5.56 Å². The highest BCUT2D eigenvalue weighted by Gasteiger charge is 2.16. The van der Waals surface area contributed by atoms with E-state index in [2.05, 4.69) is 15.4 Å². The molecule has 0 radical (unpaired) electrons. The van der Waals surface area contributed by atoms with Crippen LogP contribution >= 0.6 is 23.2 Å². The van der Waals surface area contributed by atoms with Crippen molar-refractivity contribution in [2.45, 2.75) is 6.04 Å². The molecule has 0 aliphatic carbocycles. The minimum atomic E-state index is -0.421. The zero-order chi connectivity index (χ0) is 10.8. The van der Waals surface area contributed by atoms with Crippen LogP contribution in [0.25, 0.3) is 0 Å². The Labute approximate surface area is 96.4 Å². The molecule has 2 aromatic rings. The monoisotopic (exact) mass is 242 g/mol. The second-order valence-electron chi connectivity index (χ2n) is 3.02. The van der Waals surface area contributed by atoms with Crippen LogP contribution in [0.15, 0.2) is 24.4 Å². The Morgan fingerprint density at radius 3 is 2.80 bits per heavy atom. The summed E-state index contributed by atoms with van der Waals surface area (Å²) in [6.45, 7) is 0. The first-order valence-corrected chi connectivity index (χ1v) is 5.01. The topological polar surface area (TPSA) is 67.6 Å². The largest absolute Gasteiger partial charge is 0.319 e. The van der Waals surface area contributed by atoms with Gasteiger partial charge in [-0.05, 0) is 11.6 Å². The molecular weight excluding hydrogens is 235 g/mol. The van der Waals surface area contributed by atoms with Crippen molar-refractivity contribution in [3.8, 4) is 0 Å². The first-order valence-electron chi connectivity index (χ1n) is 4.25. The summed E-state index contributed by atoms with van der Waals surface area (Å²) in [5.41, 5.74) is 7.32. The number of nitrogens with zero attached hydrogens (tertiary/aromatic N) is 2. The molecule has 0 spiro atoms. The van der Waals surface area contributed by atoms with E-state index in [0.29, 0.717) is 15.7 Å². The summed E-state index contributed by atoms with van der Waals surface area (Å²) in [5, 5.41) is 11.0. The number of rotatable bonds is 2. The zero-order valence-electron chi connectivity index (χ0n) is 7.61. The minimum absolute atomic E-state index is 0.421. The molecule has 0 saturated carbocycles. The highest BCUT2D eigenvalue weighted by atomic mass is 35.5. The lowest BCUT2D eigenvalue weighted by molar-refractivity contribution is 0.810. The van der Waals surface area contributed by atoms with Gasteiger partial charge in [0.1, 0.15) is 5.69 Å². The van der Waals surface area contributed by atoms with Crippen molar-refractivity contribution in [1.82, 2.24) is 15.4 Å². The third-order valence-corrected chi connectivity index (χ3v) is 2.90. The zero-order valence-corrected chi connectivity index (χ0v) is 9.13. The third kappa shape index (κ3) is 1.97. The first-order chi connectivity index (χ1) is 7.20. The maximum Gasteiger partial charge on any atom is 0.104 e. The molecule has 6 heteroatoms. The molecule has 4 nitrogen and oxygen atoms in total. The molecule has 1 aromatic carbocycles. The highest BCUT2D eigenvalue weighted by Crippen LogP contribution is 2.30. The molecule has 0 fully saturated rings. The van der Waals surface area contributed by atoms with Crippen LogP contribution in [0.3, 0.4) is 0 Å². The number of hydrogen-bond acceptors (Lipinski definition) is 3. The predicted molar refractivity (Wildman–Crippen MR) is 58.9 cm³/mol. The second kappa shape index (κ2) is 4.18. The Kier molecular flexibility index (Phi) is 2.90. The van der Waals surface area contributed by atoms with E-state index in [1.54, 1.807) is 18.3 Å². The number of nitrogens with two attached hydrogens (primary N) is 1. The van der Waals surface area contributed by atoms with Gasteiger partial charge in [0.2, 0.25) is 0 Å². The fraction of sp³-hybridized carbons (Fsp3) is 0.111. The summed E-state index contributed by atoms with van der Waals surface area (Å²) in [6, 6.07) is 4.90. The smallest absolute Gasteiger partial charge is 0.104 e. The van der Waals surface area contributed by atoms with E-state index < -0.39 is 6.04 Å². The molecule has 1 unspecified atom stereocenters. The number of H-pyrrole nitrogens is 1. The van der Waals surface area contributed by atoms with Crippen molar-refractivity contribution < 1.29 is 0 Å². The molecule has 1 heterocycles. The Balaban J connectivity index is 2.42. The molecular formula is C9H8Cl2N4. The number of nitrogens with one attached hydrogen (secondary N) is 1. The Bertz CT molecular complexity index is 455. The quantitative estimate of drug-likeness (QED) is 0.849. The first kappa shape index (κ1) is 10.4. The van der Waals surface area contributed by atoms with Crippen LogP contribution in [0.5, 0.6) is 0 Å². The highest BCUT2D eigenvalue weighted by molar-refractivity contribution is 6.42. The number of aromatic amines is 1. The van der Waals surface area contributed by atoms with Gasteiger partial charge in [-0.2, -0.15) is 15.4 Å². The molecule has 78 valence electrons. The van der Waals surface area contributed by atoms with Gasteiger partial charge >= 0.3 is 0 Å². The number of aromatic nitrogens is 3.